The fourth-order valence-electron chi connectivity index (χ4n) is 2.57. The first-order chi connectivity index (χ1) is 8.80. The van der Waals surface area contributed by atoms with E-state index in [4.69, 9.17) is 9.26 Å². The molecule has 0 aromatic carbocycles. The van der Waals surface area contributed by atoms with Gasteiger partial charge < -0.3 is 14.6 Å². The van der Waals surface area contributed by atoms with Gasteiger partial charge in [-0.05, 0) is 38.8 Å². The van der Waals surface area contributed by atoms with Crippen LogP contribution in [0.25, 0.3) is 0 Å². The number of aryl methyl sites for hydroxylation is 1. The number of piperidine rings is 1. The number of ether oxygens (including phenoxy) is 1. The van der Waals surface area contributed by atoms with Crippen molar-refractivity contribution in [1.82, 2.24) is 15.5 Å². The van der Waals surface area contributed by atoms with Crippen LogP contribution in [0.4, 0.5) is 0 Å². The van der Waals surface area contributed by atoms with E-state index < -0.39 is 0 Å². The Morgan fingerprint density at radius 1 is 1.39 bits per heavy atom. The molecule has 0 aliphatic carbocycles. The normalized spacial score (nSPS) is 19.0. The highest BCUT2D eigenvalue weighted by Crippen LogP contribution is 2.35. The molecule has 1 aromatic heterocycles. The van der Waals surface area contributed by atoms with E-state index in [-0.39, 0.29) is 5.41 Å². The third-order valence-corrected chi connectivity index (χ3v) is 3.91. The largest absolute Gasteiger partial charge is 0.385 e. The van der Waals surface area contributed by atoms with Gasteiger partial charge in [0.1, 0.15) is 0 Å². The summed E-state index contributed by atoms with van der Waals surface area (Å²) in [7, 11) is 1.71. The fourth-order valence-corrected chi connectivity index (χ4v) is 2.57. The average Bonchev–Trinajstić information content (AvgIpc) is 2.89. The van der Waals surface area contributed by atoms with Crippen LogP contribution in [0.2, 0.25) is 0 Å². The van der Waals surface area contributed by atoms with Crippen LogP contribution in [-0.2, 0) is 16.6 Å². The standard InChI is InChI=1S/C13H23N3O2/c1-3-13(6-8-14-9-7-13)12-15-11(16-18-12)5-4-10-17-2/h14H,3-10H2,1-2H3. The highest BCUT2D eigenvalue weighted by Gasteiger charge is 2.37. The summed E-state index contributed by atoms with van der Waals surface area (Å²) < 4.78 is 10.5. The SMILES string of the molecule is CCC1(c2nc(CCCOC)no2)CCNCC1. The number of aromatic nitrogens is 2. The maximum atomic E-state index is 5.50. The lowest BCUT2D eigenvalue weighted by atomic mass is 9.76. The lowest BCUT2D eigenvalue weighted by Gasteiger charge is -2.33. The minimum Gasteiger partial charge on any atom is -0.385 e. The van der Waals surface area contributed by atoms with Crippen molar-refractivity contribution in [2.45, 2.75) is 44.4 Å². The topological polar surface area (TPSA) is 60.2 Å². The lowest BCUT2D eigenvalue weighted by molar-refractivity contribution is 0.194. The monoisotopic (exact) mass is 253 g/mol. The molecular weight excluding hydrogens is 230 g/mol. The maximum absolute atomic E-state index is 5.50. The van der Waals surface area contributed by atoms with E-state index in [0.29, 0.717) is 0 Å². The first-order valence-electron chi connectivity index (χ1n) is 6.83. The minimum absolute atomic E-state index is 0.0950. The Balaban J connectivity index is 2.02. The summed E-state index contributed by atoms with van der Waals surface area (Å²) in [4.78, 5) is 4.59. The molecule has 0 amide bonds. The predicted molar refractivity (Wildman–Crippen MR) is 68.6 cm³/mol. The summed E-state index contributed by atoms with van der Waals surface area (Å²) in [6.07, 6.45) is 5.01. The van der Waals surface area contributed by atoms with Crippen LogP contribution in [-0.4, -0.2) is 36.9 Å². The Labute approximate surface area is 108 Å². The summed E-state index contributed by atoms with van der Waals surface area (Å²) in [6.45, 7) is 5.03. The van der Waals surface area contributed by atoms with E-state index in [1.807, 2.05) is 0 Å². The van der Waals surface area contributed by atoms with Crippen molar-refractivity contribution in [3.05, 3.63) is 11.7 Å². The van der Waals surface area contributed by atoms with Crippen LogP contribution < -0.4 is 5.32 Å². The van der Waals surface area contributed by atoms with E-state index in [1.54, 1.807) is 7.11 Å². The number of rotatable bonds is 6. The highest BCUT2D eigenvalue weighted by atomic mass is 16.5. The molecule has 0 saturated carbocycles. The van der Waals surface area contributed by atoms with Gasteiger partial charge in [-0.25, -0.2) is 0 Å². The zero-order valence-electron chi connectivity index (χ0n) is 11.4. The van der Waals surface area contributed by atoms with Crippen molar-refractivity contribution in [3.63, 3.8) is 0 Å². The average molecular weight is 253 g/mol. The van der Waals surface area contributed by atoms with Crippen molar-refractivity contribution in [2.24, 2.45) is 0 Å². The molecule has 1 saturated heterocycles. The zero-order valence-corrected chi connectivity index (χ0v) is 11.4. The van der Waals surface area contributed by atoms with Crippen molar-refractivity contribution in [3.8, 4) is 0 Å². The molecule has 1 N–H and O–H groups in total. The Bertz CT molecular complexity index is 359. The molecule has 0 atom stereocenters. The third kappa shape index (κ3) is 2.90. The molecule has 18 heavy (non-hydrogen) atoms. The molecule has 0 unspecified atom stereocenters. The van der Waals surface area contributed by atoms with Gasteiger partial charge in [0.05, 0.1) is 5.41 Å². The quantitative estimate of drug-likeness (QED) is 0.782. The first kappa shape index (κ1) is 13.5. The predicted octanol–water partition coefficient (Wildman–Crippen LogP) is 1.68. The molecule has 2 heterocycles. The van der Waals surface area contributed by atoms with Crippen molar-refractivity contribution in [2.75, 3.05) is 26.8 Å². The summed E-state index contributed by atoms with van der Waals surface area (Å²) >= 11 is 0. The Kier molecular flexibility index (Phi) is 4.72. The molecule has 2 rings (SSSR count). The van der Waals surface area contributed by atoms with E-state index in [0.717, 1.165) is 63.5 Å². The number of nitrogens with one attached hydrogen (secondary N) is 1. The van der Waals surface area contributed by atoms with Crippen LogP contribution in [0.15, 0.2) is 4.52 Å². The van der Waals surface area contributed by atoms with Crippen LogP contribution in [0.5, 0.6) is 0 Å². The van der Waals surface area contributed by atoms with Crippen LogP contribution in [0.3, 0.4) is 0 Å². The van der Waals surface area contributed by atoms with E-state index >= 15 is 0 Å². The zero-order chi connectivity index (χ0) is 12.8. The molecule has 1 fully saturated rings. The van der Waals surface area contributed by atoms with Gasteiger partial charge in [0.2, 0.25) is 5.89 Å². The van der Waals surface area contributed by atoms with E-state index in [1.165, 1.54) is 0 Å². The molecular formula is C13H23N3O2. The van der Waals surface area contributed by atoms with Crippen molar-refractivity contribution >= 4 is 0 Å². The summed E-state index contributed by atoms with van der Waals surface area (Å²) in [5, 5.41) is 7.48. The molecule has 5 heteroatoms. The summed E-state index contributed by atoms with van der Waals surface area (Å²) in [5.41, 5.74) is 0.0950. The summed E-state index contributed by atoms with van der Waals surface area (Å²) in [6, 6.07) is 0. The van der Waals surface area contributed by atoms with Gasteiger partial charge >= 0.3 is 0 Å². The summed E-state index contributed by atoms with van der Waals surface area (Å²) in [5.74, 6) is 1.65. The highest BCUT2D eigenvalue weighted by molar-refractivity contribution is 5.07. The number of nitrogens with zero attached hydrogens (tertiary/aromatic N) is 2. The van der Waals surface area contributed by atoms with Gasteiger partial charge in [-0.15, -0.1) is 0 Å². The van der Waals surface area contributed by atoms with Gasteiger partial charge in [0.25, 0.3) is 0 Å². The second-order valence-electron chi connectivity index (χ2n) is 5.00. The smallest absolute Gasteiger partial charge is 0.232 e. The number of hydrogen-bond acceptors (Lipinski definition) is 5. The Hall–Kier alpha value is -0.940. The van der Waals surface area contributed by atoms with Crippen LogP contribution in [0.1, 0.15) is 44.3 Å². The van der Waals surface area contributed by atoms with Crippen LogP contribution in [0, 0.1) is 0 Å². The third-order valence-electron chi connectivity index (χ3n) is 3.91. The fraction of sp³-hybridized carbons (Fsp3) is 0.846. The van der Waals surface area contributed by atoms with Crippen molar-refractivity contribution in [1.29, 1.82) is 0 Å². The second-order valence-corrected chi connectivity index (χ2v) is 5.00. The molecule has 1 aromatic rings. The van der Waals surface area contributed by atoms with Gasteiger partial charge in [0.15, 0.2) is 5.82 Å². The molecule has 1 aliphatic heterocycles. The van der Waals surface area contributed by atoms with E-state index in [2.05, 4.69) is 22.4 Å². The molecule has 102 valence electrons. The lowest BCUT2D eigenvalue weighted by Crippen LogP contribution is -2.39. The first-order valence-corrected chi connectivity index (χ1v) is 6.83. The second kappa shape index (κ2) is 6.29. The van der Waals surface area contributed by atoms with Crippen molar-refractivity contribution < 1.29 is 9.26 Å². The number of methoxy groups -OCH3 is 1. The van der Waals surface area contributed by atoms with Gasteiger partial charge in [0, 0.05) is 20.1 Å². The molecule has 0 radical (unpaired) electrons. The molecule has 0 spiro atoms. The van der Waals surface area contributed by atoms with E-state index in [9.17, 15) is 0 Å². The van der Waals surface area contributed by atoms with Gasteiger partial charge in [-0.3, -0.25) is 0 Å². The van der Waals surface area contributed by atoms with Gasteiger partial charge in [-0.1, -0.05) is 12.1 Å². The van der Waals surface area contributed by atoms with Crippen LogP contribution >= 0.6 is 0 Å². The maximum Gasteiger partial charge on any atom is 0.232 e. The Morgan fingerprint density at radius 3 is 2.83 bits per heavy atom. The minimum atomic E-state index is 0.0950. The Morgan fingerprint density at radius 2 is 2.17 bits per heavy atom. The molecule has 0 bridgehead atoms. The number of hydrogen-bond donors (Lipinski definition) is 1. The molecule has 1 aliphatic rings. The molecule has 5 nitrogen and oxygen atoms in total. The van der Waals surface area contributed by atoms with Gasteiger partial charge in [-0.2, -0.15) is 4.98 Å².